The zero-order chi connectivity index (χ0) is 54.0. The predicted molar refractivity (Wildman–Crippen MR) is 252 cm³/mol. The molecule has 0 bridgehead atoms. The standard InChI is InChI=1S/6C4H10O.6C4H9O.4Gd.2K.H2O/c12*1-4(2,3)5;;;;;;;/h6*5H,1-3H3;6*1-3H3;;;;;;;1H2/q;;;;;;6*-1;;;;;2*+1;/p-1. The van der Waals surface area contributed by atoms with E-state index in [1.165, 1.54) is 0 Å². The van der Waals surface area contributed by atoms with Gasteiger partial charge in [0.15, 0.2) is 0 Å². The van der Waals surface area contributed by atoms with Gasteiger partial charge in [0.25, 0.3) is 0 Å². The first-order chi connectivity index (χ1) is 24.0. The van der Waals surface area contributed by atoms with Gasteiger partial charge in [-0.2, -0.15) is 0 Å². The smallest absolute Gasteiger partial charge is 0.870 e. The van der Waals surface area contributed by atoms with Crippen LogP contribution < -0.4 is 133 Å². The van der Waals surface area contributed by atoms with Crippen LogP contribution in [0.4, 0.5) is 0 Å². The van der Waals surface area contributed by atoms with Crippen LogP contribution >= 0.6 is 0 Å². The molecule has 13 nitrogen and oxygen atoms in total. The van der Waals surface area contributed by atoms with Crippen LogP contribution in [0.1, 0.15) is 249 Å². The van der Waals surface area contributed by atoms with Crippen LogP contribution in [0, 0.1) is 160 Å². The number of hydrogen-bond acceptors (Lipinski definition) is 13. The molecule has 0 aliphatic rings. The molecular formula is C48H115Gd4K2O13-5. The van der Waals surface area contributed by atoms with Gasteiger partial charge in [0.2, 0.25) is 0 Å². The molecule has 0 rings (SSSR count). The second kappa shape index (κ2) is 61.7. The Labute approximate surface area is 633 Å². The van der Waals surface area contributed by atoms with Crippen molar-refractivity contribution < 1.29 is 329 Å². The van der Waals surface area contributed by atoms with Gasteiger partial charge >= 0.3 is 103 Å². The minimum Gasteiger partial charge on any atom is -0.870 e. The minimum atomic E-state index is -0.750. The van der Waals surface area contributed by atoms with Crippen molar-refractivity contribution in [3.8, 4) is 0 Å². The largest absolute Gasteiger partial charge is 1.00 e. The molecule has 0 atom stereocenters. The average molecular weight is 1610 g/mol. The fourth-order valence-electron chi connectivity index (χ4n) is 0. The first-order valence-electron chi connectivity index (χ1n) is 20.6. The van der Waals surface area contributed by atoms with Crippen molar-refractivity contribution in [2.75, 3.05) is 0 Å². The second-order valence-corrected chi connectivity index (χ2v) is 25.7. The van der Waals surface area contributed by atoms with E-state index in [0.717, 1.165) is 0 Å². The van der Waals surface area contributed by atoms with E-state index in [-0.39, 0.29) is 268 Å². The third-order valence-electron chi connectivity index (χ3n) is 0. The van der Waals surface area contributed by atoms with E-state index in [2.05, 4.69) is 0 Å². The molecule has 0 saturated carbocycles. The Hall–Kier alpha value is 8.05. The zero-order valence-corrected chi connectivity index (χ0v) is 66.3. The molecule has 0 spiro atoms. The Morgan fingerprint density at radius 3 is 0.179 bits per heavy atom. The van der Waals surface area contributed by atoms with Gasteiger partial charge in [0.1, 0.15) is 0 Å². The SMILES string of the molecule is CC(C)(C)O.CC(C)(C)O.CC(C)(C)O.CC(C)(C)O.CC(C)(C)O.CC(C)(C)O.CC(C)(C)[O-].CC(C)(C)[O-].CC(C)(C)[O-].CC(C)(C)[O-].CC(C)(C)[O-].CC(C)(C)[O-].[Gd].[Gd].[Gd].[Gd].[K+].[K+].[OH-]. The molecule has 7 N–H and O–H groups in total. The van der Waals surface area contributed by atoms with Gasteiger partial charge in [0, 0.05) is 160 Å². The molecule has 67 heavy (non-hydrogen) atoms. The van der Waals surface area contributed by atoms with E-state index in [1.54, 1.807) is 249 Å². The number of hydrogen-bond donors (Lipinski definition) is 6. The Morgan fingerprint density at radius 2 is 0.179 bits per heavy atom. The summed E-state index contributed by atoms with van der Waals surface area (Å²) in [5.41, 5.74) is -7.50. The van der Waals surface area contributed by atoms with Gasteiger partial charge < -0.3 is 66.8 Å². The third-order valence-corrected chi connectivity index (χ3v) is 0. The van der Waals surface area contributed by atoms with Crippen LogP contribution in [0.25, 0.3) is 0 Å². The molecule has 0 heterocycles. The Bertz CT molecular complexity index is 524. The van der Waals surface area contributed by atoms with E-state index in [4.69, 9.17) is 30.6 Å². The normalized spacial score (nSPS) is 10.7. The Morgan fingerprint density at radius 1 is 0.179 bits per heavy atom. The summed E-state index contributed by atoms with van der Waals surface area (Å²) in [6.07, 6.45) is 0. The molecule has 0 saturated heterocycles. The first-order valence-corrected chi connectivity index (χ1v) is 20.6. The third kappa shape index (κ3) is 5930. The molecule has 0 aromatic heterocycles. The van der Waals surface area contributed by atoms with Gasteiger partial charge in [-0.3, -0.25) is 0 Å². The molecule has 0 aliphatic carbocycles. The van der Waals surface area contributed by atoms with Crippen molar-refractivity contribution >= 4 is 0 Å². The maximum Gasteiger partial charge on any atom is 1.00 e. The monoisotopic (exact) mass is 1610 g/mol. The maximum atomic E-state index is 10.1. The molecule has 0 unspecified atom stereocenters. The zero-order valence-electron chi connectivity index (χ0n) is 51.0. The Kier molecular flexibility index (Phi) is 121. The minimum absolute atomic E-state index is 0. The molecule has 0 aromatic rings. The summed E-state index contributed by atoms with van der Waals surface area (Å²) in [6, 6.07) is 0. The molecular weight excluding hydrogens is 1490 g/mol. The summed E-state index contributed by atoms with van der Waals surface area (Å²) in [6.45, 7) is 60.7. The number of rotatable bonds is 0. The van der Waals surface area contributed by atoms with Crippen LogP contribution in [0.15, 0.2) is 0 Å². The molecule has 424 valence electrons. The van der Waals surface area contributed by atoms with Gasteiger partial charge in [-0.05, 0) is 125 Å². The van der Waals surface area contributed by atoms with Crippen molar-refractivity contribution in [1.82, 2.24) is 0 Å². The van der Waals surface area contributed by atoms with Crippen molar-refractivity contribution in [3.05, 3.63) is 0 Å². The van der Waals surface area contributed by atoms with Crippen LogP contribution in [0.2, 0.25) is 0 Å². The van der Waals surface area contributed by atoms with Gasteiger partial charge in [-0.15, -0.1) is 33.6 Å². The molecule has 0 fully saturated rings. The predicted octanol–water partition coefficient (Wildman–Crippen LogP) is -0.634. The quantitative estimate of drug-likeness (QED) is 0.165. The average Bonchev–Trinajstić information content (AvgIpc) is 2.48. The molecule has 0 radical (unpaired) electrons. The topological polar surface area (TPSA) is 290 Å². The van der Waals surface area contributed by atoms with Gasteiger partial charge in [-0.25, -0.2) is 0 Å². The van der Waals surface area contributed by atoms with Crippen molar-refractivity contribution in [2.24, 2.45) is 0 Å². The van der Waals surface area contributed by atoms with Crippen LogP contribution in [-0.2, 0) is 0 Å². The van der Waals surface area contributed by atoms with Crippen molar-refractivity contribution in [1.29, 1.82) is 0 Å². The van der Waals surface area contributed by atoms with Gasteiger partial charge in [-0.1, -0.05) is 125 Å². The maximum absolute atomic E-state index is 10.1. The van der Waals surface area contributed by atoms with E-state index < -0.39 is 67.2 Å². The van der Waals surface area contributed by atoms with Crippen molar-refractivity contribution in [2.45, 2.75) is 316 Å². The molecule has 19 heteroatoms. The van der Waals surface area contributed by atoms with E-state index in [1.807, 2.05) is 0 Å². The summed E-state index contributed by atoms with van der Waals surface area (Å²) in [7, 11) is 0. The summed E-state index contributed by atoms with van der Waals surface area (Å²) < 4.78 is 0. The van der Waals surface area contributed by atoms with E-state index >= 15 is 0 Å². The summed E-state index contributed by atoms with van der Waals surface area (Å²) in [5.74, 6) is 0. The van der Waals surface area contributed by atoms with Crippen LogP contribution in [0.5, 0.6) is 0 Å². The first kappa shape index (κ1) is 131. The second-order valence-electron chi connectivity index (χ2n) is 25.7. The molecule has 0 amide bonds. The van der Waals surface area contributed by atoms with Gasteiger partial charge in [0.05, 0.1) is 33.6 Å². The van der Waals surface area contributed by atoms with Crippen molar-refractivity contribution in [3.63, 3.8) is 0 Å². The fourth-order valence-corrected chi connectivity index (χ4v) is 0. The molecule has 0 aliphatic heterocycles. The molecule has 0 aromatic carbocycles. The van der Waals surface area contributed by atoms with E-state index in [0.29, 0.717) is 0 Å². The van der Waals surface area contributed by atoms with Crippen LogP contribution in [0.3, 0.4) is 0 Å². The number of aliphatic hydroxyl groups is 6. The summed E-state index contributed by atoms with van der Waals surface area (Å²) >= 11 is 0. The summed E-state index contributed by atoms with van der Waals surface area (Å²) in [4.78, 5) is 0. The van der Waals surface area contributed by atoms with E-state index in [9.17, 15) is 30.6 Å². The summed E-state index contributed by atoms with van der Waals surface area (Å²) in [5, 5.41) is 112. The Balaban J connectivity index is -0.0000000219. The van der Waals surface area contributed by atoms with Crippen LogP contribution in [-0.4, -0.2) is 103 Å². The fraction of sp³-hybridized carbons (Fsp3) is 1.00.